The molecule has 32 heavy (non-hydrogen) atoms. The highest BCUT2D eigenvalue weighted by molar-refractivity contribution is 8.13. The van der Waals surface area contributed by atoms with Crippen molar-refractivity contribution >= 4 is 49.3 Å². The summed E-state index contributed by atoms with van der Waals surface area (Å²) in [6, 6.07) is 25.2. The highest BCUT2D eigenvalue weighted by atomic mass is 32.2. The van der Waals surface area contributed by atoms with Crippen LogP contribution in [0.1, 0.15) is 23.1 Å². The quantitative estimate of drug-likeness (QED) is 0.168. The average Bonchev–Trinajstić information content (AvgIpc) is 3.23. The van der Waals surface area contributed by atoms with Gasteiger partial charge in [-0.25, -0.2) is 9.98 Å². The predicted octanol–water partition coefficient (Wildman–Crippen LogP) is 6.57. The Balaban J connectivity index is 1.21. The maximum absolute atomic E-state index is 6.11. The topological polar surface area (TPSA) is 63.3 Å². The van der Waals surface area contributed by atoms with Crippen molar-refractivity contribution in [3.63, 3.8) is 0 Å². The molecule has 0 radical (unpaired) electrons. The van der Waals surface area contributed by atoms with Gasteiger partial charge in [-0.05, 0) is 61.1 Å². The van der Waals surface area contributed by atoms with Crippen molar-refractivity contribution in [3.8, 4) is 0 Å². The second-order valence-electron chi connectivity index (χ2n) is 7.67. The van der Waals surface area contributed by atoms with Crippen LogP contribution in [0.4, 0.5) is 10.8 Å². The Labute approximate surface area is 198 Å². The van der Waals surface area contributed by atoms with Gasteiger partial charge in [0.15, 0.2) is 10.3 Å². The second kappa shape index (κ2) is 11.2. The fraction of sp³-hybridized carbons (Fsp3) is 0.231. The lowest BCUT2D eigenvalue weighted by Crippen LogP contribution is -2.07. The van der Waals surface area contributed by atoms with Crippen LogP contribution in [0.5, 0.6) is 0 Å². The third-order valence-electron chi connectivity index (χ3n) is 5.19. The van der Waals surface area contributed by atoms with Crippen LogP contribution < -0.4 is 11.1 Å². The number of fused-ring (bicyclic) bond motifs is 1. The van der Waals surface area contributed by atoms with Gasteiger partial charge in [0.05, 0.1) is 15.9 Å². The standard InChI is InChI=1S/C26H28N4S2/c1-19-7-5-11-23-24(19)30-26(32-23)28-17-16-21-12-14-22(15-13-21)29-25(27)31-18-6-10-20-8-3-2-4-9-20/h2-5,7-9,11-15H,6,10,16-18H2,1H3,(H2,27,29)(H,28,30). The first kappa shape index (κ1) is 22.4. The molecule has 0 amide bonds. The number of aryl methyl sites for hydroxylation is 2. The molecule has 164 valence electrons. The van der Waals surface area contributed by atoms with Crippen molar-refractivity contribution in [2.75, 3.05) is 17.6 Å². The molecule has 0 spiro atoms. The monoisotopic (exact) mass is 460 g/mol. The number of nitrogens with one attached hydrogen (secondary N) is 1. The molecule has 0 saturated carbocycles. The molecule has 0 bridgehead atoms. The molecule has 4 rings (SSSR count). The van der Waals surface area contributed by atoms with Crippen LogP contribution in [-0.2, 0) is 12.8 Å². The summed E-state index contributed by atoms with van der Waals surface area (Å²) >= 11 is 3.33. The van der Waals surface area contributed by atoms with Crippen LogP contribution in [0.15, 0.2) is 77.8 Å². The van der Waals surface area contributed by atoms with Gasteiger partial charge in [-0.3, -0.25) is 0 Å². The van der Waals surface area contributed by atoms with E-state index < -0.39 is 0 Å². The third kappa shape index (κ3) is 6.34. The van der Waals surface area contributed by atoms with E-state index in [-0.39, 0.29) is 0 Å². The van der Waals surface area contributed by atoms with E-state index >= 15 is 0 Å². The van der Waals surface area contributed by atoms with E-state index in [4.69, 9.17) is 10.7 Å². The molecule has 6 heteroatoms. The molecule has 0 aliphatic heterocycles. The van der Waals surface area contributed by atoms with Gasteiger partial charge in [-0.1, -0.05) is 77.7 Å². The maximum atomic E-state index is 6.11. The summed E-state index contributed by atoms with van der Waals surface area (Å²) in [7, 11) is 0. The maximum Gasteiger partial charge on any atom is 0.183 e. The van der Waals surface area contributed by atoms with Crippen molar-refractivity contribution < 1.29 is 0 Å². The number of rotatable bonds is 9. The second-order valence-corrected chi connectivity index (χ2v) is 9.82. The highest BCUT2D eigenvalue weighted by Crippen LogP contribution is 2.27. The van der Waals surface area contributed by atoms with Gasteiger partial charge in [0.1, 0.15) is 0 Å². The van der Waals surface area contributed by atoms with Gasteiger partial charge in [-0.2, -0.15) is 0 Å². The Hall–Kier alpha value is -2.83. The number of hydrogen-bond donors (Lipinski definition) is 2. The third-order valence-corrected chi connectivity index (χ3v) is 7.05. The van der Waals surface area contributed by atoms with Crippen molar-refractivity contribution in [2.24, 2.45) is 10.7 Å². The minimum absolute atomic E-state index is 0.624. The van der Waals surface area contributed by atoms with E-state index in [1.807, 2.05) is 18.2 Å². The Morgan fingerprint density at radius 2 is 1.75 bits per heavy atom. The number of thiazole rings is 1. The molecule has 0 fully saturated rings. The summed E-state index contributed by atoms with van der Waals surface area (Å²) < 4.78 is 1.23. The van der Waals surface area contributed by atoms with E-state index in [1.165, 1.54) is 21.4 Å². The molecular weight excluding hydrogens is 432 g/mol. The molecule has 0 aliphatic rings. The summed E-state index contributed by atoms with van der Waals surface area (Å²) in [4.78, 5) is 9.25. The molecule has 0 atom stereocenters. The molecule has 3 N–H and O–H groups in total. The van der Waals surface area contributed by atoms with Crippen molar-refractivity contribution in [2.45, 2.75) is 26.2 Å². The van der Waals surface area contributed by atoms with Gasteiger partial charge in [0, 0.05) is 12.3 Å². The molecule has 0 unspecified atom stereocenters. The average molecular weight is 461 g/mol. The minimum Gasteiger partial charge on any atom is -0.378 e. The molecule has 4 nitrogen and oxygen atoms in total. The van der Waals surface area contributed by atoms with Gasteiger partial charge >= 0.3 is 0 Å². The van der Waals surface area contributed by atoms with Gasteiger partial charge < -0.3 is 11.1 Å². The lowest BCUT2D eigenvalue weighted by atomic mass is 10.1. The summed E-state index contributed by atoms with van der Waals surface area (Å²) in [5, 5.41) is 5.06. The zero-order valence-corrected chi connectivity index (χ0v) is 19.9. The number of nitrogens with two attached hydrogens (primary N) is 1. The summed E-state index contributed by atoms with van der Waals surface area (Å²) in [5.74, 6) is 0.971. The number of anilines is 1. The largest absolute Gasteiger partial charge is 0.378 e. The normalized spacial score (nSPS) is 11.7. The van der Waals surface area contributed by atoms with Crippen LogP contribution in [0.3, 0.4) is 0 Å². The fourth-order valence-corrected chi connectivity index (χ4v) is 5.11. The molecule has 3 aromatic carbocycles. The van der Waals surface area contributed by atoms with Crippen LogP contribution in [0, 0.1) is 6.92 Å². The Kier molecular flexibility index (Phi) is 7.80. The summed E-state index contributed by atoms with van der Waals surface area (Å²) in [5.41, 5.74) is 12.0. The van der Waals surface area contributed by atoms with E-state index in [0.29, 0.717) is 5.17 Å². The van der Waals surface area contributed by atoms with E-state index in [2.05, 4.69) is 71.8 Å². The number of thioether (sulfide) groups is 1. The Bertz CT molecular complexity index is 1170. The lowest BCUT2D eigenvalue weighted by Gasteiger charge is -2.05. The van der Waals surface area contributed by atoms with Gasteiger partial charge in [0.25, 0.3) is 0 Å². The minimum atomic E-state index is 0.624. The summed E-state index contributed by atoms with van der Waals surface area (Å²) in [6.07, 6.45) is 3.09. The van der Waals surface area contributed by atoms with Gasteiger partial charge in [-0.15, -0.1) is 0 Å². The number of amidine groups is 1. The molecule has 0 saturated heterocycles. The van der Waals surface area contributed by atoms with Crippen molar-refractivity contribution in [1.82, 2.24) is 4.98 Å². The first-order valence-electron chi connectivity index (χ1n) is 10.9. The van der Waals surface area contributed by atoms with E-state index in [0.717, 1.165) is 47.9 Å². The predicted molar refractivity (Wildman–Crippen MR) is 141 cm³/mol. The SMILES string of the molecule is Cc1cccc2sc(NCCc3ccc(N=C(N)SCCCc4ccccc4)cc3)nc12. The Morgan fingerprint density at radius 1 is 0.969 bits per heavy atom. The first-order chi connectivity index (χ1) is 15.7. The molecule has 1 heterocycles. The van der Waals surface area contributed by atoms with Crippen molar-refractivity contribution in [3.05, 3.63) is 89.5 Å². The number of aromatic nitrogens is 1. The van der Waals surface area contributed by atoms with Crippen LogP contribution in [0.2, 0.25) is 0 Å². The lowest BCUT2D eigenvalue weighted by molar-refractivity contribution is 0.935. The van der Waals surface area contributed by atoms with E-state index in [9.17, 15) is 0 Å². The summed E-state index contributed by atoms with van der Waals surface area (Å²) in [6.45, 7) is 2.95. The molecule has 0 aliphatic carbocycles. The molecule has 1 aromatic heterocycles. The Morgan fingerprint density at radius 3 is 2.53 bits per heavy atom. The highest BCUT2D eigenvalue weighted by Gasteiger charge is 2.05. The zero-order chi connectivity index (χ0) is 22.2. The van der Waals surface area contributed by atoms with Crippen LogP contribution in [-0.4, -0.2) is 22.4 Å². The number of nitrogens with zero attached hydrogens (tertiary/aromatic N) is 2. The zero-order valence-electron chi connectivity index (χ0n) is 18.3. The van der Waals surface area contributed by atoms with Crippen molar-refractivity contribution in [1.29, 1.82) is 0 Å². The fourth-order valence-electron chi connectivity index (χ4n) is 3.47. The van der Waals surface area contributed by atoms with Gasteiger partial charge in [0.2, 0.25) is 0 Å². The first-order valence-corrected chi connectivity index (χ1v) is 12.7. The van der Waals surface area contributed by atoms with Crippen LogP contribution >= 0.6 is 23.1 Å². The number of aliphatic imine (C=N–C) groups is 1. The number of hydrogen-bond acceptors (Lipinski definition) is 5. The van der Waals surface area contributed by atoms with E-state index in [1.54, 1.807) is 23.1 Å². The van der Waals surface area contributed by atoms with Crippen LogP contribution in [0.25, 0.3) is 10.2 Å². The molecular formula is C26H28N4S2. The molecule has 4 aromatic rings. The number of para-hydroxylation sites is 1. The number of benzene rings is 3. The smallest absolute Gasteiger partial charge is 0.183 e.